The van der Waals surface area contributed by atoms with Crippen LogP contribution < -0.4 is 5.32 Å². The third-order valence-electron chi connectivity index (χ3n) is 3.05. The first-order valence-corrected chi connectivity index (χ1v) is 6.92. The minimum absolute atomic E-state index is 0.127. The van der Waals surface area contributed by atoms with Gasteiger partial charge in [0, 0.05) is 22.4 Å². The van der Waals surface area contributed by atoms with E-state index in [0.29, 0.717) is 0 Å². The second-order valence-electron chi connectivity index (χ2n) is 4.56. The molecule has 2 nitrogen and oxygen atoms in total. The van der Waals surface area contributed by atoms with E-state index in [2.05, 4.69) is 32.3 Å². The molecule has 1 N–H and O–H groups in total. The van der Waals surface area contributed by atoms with Crippen LogP contribution in [0.3, 0.4) is 0 Å². The van der Waals surface area contributed by atoms with Gasteiger partial charge in [-0.2, -0.15) is 0 Å². The quantitative estimate of drug-likeness (QED) is 0.926. The lowest BCUT2D eigenvalue weighted by atomic mass is 10.00. The van der Waals surface area contributed by atoms with E-state index >= 15 is 0 Å². The van der Waals surface area contributed by atoms with Crippen LogP contribution in [-0.4, -0.2) is 12.0 Å². The number of aryl methyl sites for hydroxylation is 1. The summed E-state index contributed by atoms with van der Waals surface area (Å²) < 4.78 is 14.1. The molecule has 0 aliphatic heterocycles. The molecule has 1 unspecified atom stereocenters. The highest BCUT2D eigenvalue weighted by Gasteiger charge is 2.11. The third kappa shape index (κ3) is 3.85. The number of rotatable bonds is 4. The number of halogens is 2. The van der Waals surface area contributed by atoms with Gasteiger partial charge in [0.25, 0.3) is 0 Å². The molecule has 19 heavy (non-hydrogen) atoms. The van der Waals surface area contributed by atoms with Crippen LogP contribution in [0, 0.1) is 12.7 Å². The van der Waals surface area contributed by atoms with Crippen molar-refractivity contribution in [2.75, 3.05) is 7.05 Å². The number of benzene rings is 1. The zero-order valence-corrected chi connectivity index (χ0v) is 12.5. The molecule has 0 bridgehead atoms. The fourth-order valence-electron chi connectivity index (χ4n) is 2.04. The average Bonchev–Trinajstić information content (AvgIpc) is 2.36. The Morgan fingerprint density at radius 3 is 2.68 bits per heavy atom. The van der Waals surface area contributed by atoms with E-state index in [1.165, 1.54) is 6.07 Å². The molecule has 100 valence electrons. The van der Waals surface area contributed by atoms with Crippen molar-refractivity contribution in [1.29, 1.82) is 0 Å². The predicted octanol–water partition coefficient (Wildman–Crippen LogP) is 3.79. The standard InChI is InChI=1S/C15H16BrFN2/c1-10-3-4-12(9-19-10)15(18-2)7-11-5-13(16)8-14(17)6-11/h3-6,8-9,15,18H,7H2,1-2H3. The molecule has 0 fully saturated rings. The molecule has 0 radical (unpaired) electrons. The molecular weight excluding hydrogens is 307 g/mol. The van der Waals surface area contributed by atoms with Gasteiger partial charge < -0.3 is 5.32 Å². The molecule has 1 aromatic heterocycles. The summed E-state index contributed by atoms with van der Waals surface area (Å²) in [7, 11) is 1.90. The van der Waals surface area contributed by atoms with E-state index in [0.717, 1.165) is 27.7 Å². The van der Waals surface area contributed by atoms with Crippen LogP contribution in [-0.2, 0) is 6.42 Å². The van der Waals surface area contributed by atoms with E-state index in [1.54, 1.807) is 6.07 Å². The molecule has 0 saturated carbocycles. The summed E-state index contributed by atoms with van der Waals surface area (Å²) in [6.45, 7) is 1.96. The van der Waals surface area contributed by atoms with Crippen LogP contribution in [0.5, 0.6) is 0 Å². The second kappa shape index (κ2) is 6.26. The normalized spacial score (nSPS) is 12.4. The summed E-state index contributed by atoms with van der Waals surface area (Å²) in [4.78, 5) is 4.30. The van der Waals surface area contributed by atoms with Gasteiger partial charge in [-0.3, -0.25) is 4.98 Å². The third-order valence-corrected chi connectivity index (χ3v) is 3.51. The number of hydrogen-bond donors (Lipinski definition) is 1. The summed E-state index contributed by atoms with van der Waals surface area (Å²) in [6.07, 6.45) is 2.59. The van der Waals surface area contributed by atoms with Gasteiger partial charge in [0.1, 0.15) is 5.82 Å². The molecule has 4 heteroatoms. The van der Waals surface area contributed by atoms with Crippen molar-refractivity contribution < 1.29 is 4.39 Å². The fraction of sp³-hybridized carbons (Fsp3) is 0.267. The lowest BCUT2D eigenvalue weighted by Gasteiger charge is -2.17. The first kappa shape index (κ1) is 14.2. The van der Waals surface area contributed by atoms with Crippen LogP contribution >= 0.6 is 15.9 Å². The molecule has 2 rings (SSSR count). The highest BCUT2D eigenvalue weighted by atomic mass is 79.9. The number of nitrogens with one attached hydrogen (secondary N) is 1. The predicted molar refractivity (Wildman–Crippen MR) is 78.6 cm³/mol. The minimum atomic E-state index is -0.221. The molecule has 0 saturated heterocycles. The van der Waals surface area contributed by atoms with Crippen molar-refractivity contribution in [2.24, 2.45) is 0 Å². The first-order chi connectivity index (χ1) is 9.08. The van der Waals surface area contributed by atoms with Crippen molar-refractivity contribution in [2.45, 2.75) is 19.4 Å². The topological polar surface area (TPSA) is 24.9 Å². The molecule has 2 aromatic rings. The zero-order chi connectivity index (χ0) is 13.8. The molecule has 0 aliphatic carbocycles. The lowest BCUT2D eigenvalue weighted by molar-refractivity contribution is 0.582. The summed E-state index contributed by atoms with van der Waals surface area (Å²) in [5, 5.41) is 3.25. The van der Waals surface area contributed by atoms with E-state index in [-0.39, 0.29) is 11.9 Å². The van der Waals surface area contributed by atoms with E-state index < -0.39 is 0 Å². The van der Waals surface area contributed by atoms with Gasteiger partial charge in [0.2, 0.25) is 0 Å². The van der Waals surface area contributed by atoms with Crippen LogP contribution in [0.25, 0.3) is 0 Å². The van der Waals surface area contributed by atoms with Gasteiger partial charge in [-0.05, 0) is 55.8 Å². The Bertz CT molecular complexity index is 534. The summed E-state index contributed by atoms with van der Waals surface area (Å²) in [6, 6.07) is 9.14. The lowest BCUT2D eigenvalue weighted by Crippen LogP contribution is -2.19. The van der Waals surface area contributed by atoms with Gasteiger partial charge in [-0.25, -0.2) is 4.39 Å². The van der Waals surface area contributed by atoms with E-state index in [4.69, 9.17) is 0 Å². The molecule has 0 amide bonds. The molecule has 0 spiro atoms. The Labute approximate surface area is 121 Å². The van der Waals surface area contributed by atoms with Crippen molar-refractivity contribution in [1.82, 2.24) is 10.3 Å². The van der Waals surface area contributed by atoms with E-state index in [1.807, 2.05) is 32.3 Å². The van der Waals surface area contributed by atoms with Gasteiger partial charge in [-0.15, -0.1) is 0 Å². The maximum Gasteiger partial charge on any atom is 0.124 e. The minimum Gasteiger partial charge on any atom is -0.313 e. The summed E-state index contributed by atoms with van der Waals surface area (Å²) >= 11 is 3.32. The second-order valence-corrected chi connectivity index (χ2v) is 5.47. The Hall–Kier alpha value is -1.26. The number of pyridine rings is 1. The Morgan fingerprint density at radius 2 is 2.11 bits per heavy atom. The van der Waals surface area contributed by atoms with Crippen LogP contribution in [0.1, 0.15) is 22.9 Å². The van der Waals surface area contributed by atoms with E-state index in [9.17, 15) is 4.39 Å². The summed E-state index contributed by atoms with van der Waals surface area (Å²) in [5.41, 5.74) is 3.05. The Balaban J connectivity index is 2.21. The smallest absolute Gasteiger partial charge is 0.124 e. The fourth-order valence-corrected chi connectivity index (χ4v) is 2.55. The van der Waals surface area contributed by atoms with Gasteiger partial charge in [0.05, 0.1) is 0 Å². The van der Waals surface area contributed by atoms with Gasteiger partial charge in [0.15, 0.2) is 0 Å². The highest BCUT2D eigenvalue weighted by molar-refractivity contribution is 9.10. The molecule has 0 aliphatic rings. The van der Waals surface area contributed by atoms with Crippen molar-refractivity contribution in [3.63, 3.8) is 0 Å². The van der Waals surface area contributed by atoms with Crippen molar-refractivity contribution in [3.05, 3.63) is 63.6 Å². The Kier molecular flexibility index (Phi) is 4.66. The maximum atomic E-state index is 13.4. The van der Waals surface area contributed by atoms with Crippen LogP contribution in [0.4, 0.5) is 4.39 Å². The first-order valence-electron chi connectivity index (χ1n) is 6.13. The Morgan fingerprint density at radius 1 is 1.32 bits per heavy atom. The van der Waals surface area contributed by atoms with Gasteiger partial charge in [-0.1, -0.05) is 22.0 Å². The SMILES string of the molecule is CNC(Cc1cc(F)cc(Br)c1)c1ccc(C)nc1. The highest BCUT2D eigenvalue weighted by Crippen LogP contribution is 2.21. The maximum absolute atomic E-state index is 13.4. The van der Waals surface area contributed by atoms with Crippen molar-refractivity contribution in [3.8, 4) is 0 Å². The largest absolute Gasteiger partial charge is 0.313 e. The molecule has 1 heterocycles. The average molecular weight is 323 g/mol. The van der Waals surface area contributed by atoms with Crippen molar-refractivity contribution >= 4 is 15.9 Å². The molecule has 1 atom stereocenters. The molecular formula is C15H16BrFN2. The zero-order valence-electron chi connectivity index (χ0n) is 11.0. The number of hydrogen-bond acceptors (Lipinski definition) is 2. The number of aromatic nitrogens is 1. The summed E-state index contributed by atoms with van der Waals surface area (Å²) in [5.74, 6) is -0.221. The van der Waals surface area contributed by atoms with Crippen LogP contribution in [0.2, 0.25) is 0 Å². The number of likely N-dealkylation sites (N-methyl/N-ethyl adjacent to an activating group) is 1. The monoisotopic (exact) mass is 322 g/mol. The molecule has 1 aromatic carbocycles. The number of nitrogens with zero attached hydrogens (tertiary/aromatic N) is 1. The van der Waals surface area contributed by atoms with Crippen LogP contribution in [0.15, 0.2) is 41.0 Å². The van der Waals surface area contributed by atoms with Gasteiger partial charge >= 0.3 is 0 Å².